The maximum absolute atomic E-state index is 12.3. The summed E-state index contributed by atoms with van der Waals surface area (Å²) in [6.45, 7) is 5.63. The van der Waals surface area contributed by atoms with Crippen LogP contribution in [0.25, 0.3) is 21.9 Å². The Balaban J connectivity index is 1.65. The minimum Gasteiger partial charge on any atom is -0.490 e. The number of nitrogens with zero attached hydrogens (tertiary/aromatic N) is 3. The number of hydrogen-bond acceptors (Lipinski definition) is 6. The molecule has 1 atom stereocenters. The number of piperidine rings is 1. The molecule has 8 nitrogen and oxygen atoms in total. The quantitative estimate of drug-likeness (QED) is 0.589. The van der Waals surface area contributed by atoms with Crippen LogP contribution in [0.15, 0.2) is 30.7 Å². The monoisotopic (exact) mass is 435 g/mol. The first kappa shape index (κ1) is 20.8. The minimum absolute atomic E-state index is 0.0493. The molecule has 2 aromatic heterocycles. The second-order valence-electron chi connectivity index (χ2n) is 8.93. The third kappa shape index (κ3) is 4.14. The molecule has 3 heterocycles. The van der Waals surface area contributed by atoms with Crippen molar-refractivity contribution in [2.45, 2.75) is 57.8 Å². The molecule has 1 saturated heterocycles. The lowest BCUT2D eigenvalue weighted by Gasteiger charge is -2.24. The Bertz CT molecular complexity index is 1150. The molecule has 1 amide bonds. The van der Waals surface area contributed by atoms with Gasteiger partial charge < -0.3 is 20.5 Å². The first-order chi connectivity index (χ1) is 15.5. The highest BCUT2D eigenvalue weighted by Gasteiger charge is 2.26. The lowest BCUT2D eigenvalue weighted by molar-refractivity contribution is 0.0994. The Morgan fingerprint density at radius 2 is 2.06 bits per heavy atom. The molecule has 0 radical (unpaired) electrons. The van der Waals surface area contributed by atoms with Gasteiger partial charge in [-0.05, 0) is 63.6 Å². The zero-order chi connectivity index (χ0) is 22.2. The topological polar surface area (TPSA) is 104 Å². The van der Waals surface area contributed by atoms with E-state index in [-0.39, 0.29) is 12.2 Å². The number of pyridine rings is 1. The van der Waals surface area contributed by atoms with Crippen LogP contribution in [0.4, 0.5) is 0 Å². The van der Waals surface area contributed by atoms with Gasteiger partial charge >= 0.3 is 0 Å². The number of rotatable bonds is 7. The van der Waals surface area contributed by atoms with Gasteiger partial charge in [-0.2, -0.15) is 5.10 Å². The molecule has 1 aromatic carbocycles. The number of amides is 1. The molecule has 0 spiro atoms. The van der Waals surface area contributed by atoms with E-state index in [0.717, 1.165) is 60.7 Å². The van der Waals surface area contributed by atoms with Gasteiger partial charge in [0.2, 0.25) is 5.88 Å². The van der Waals surface area contributed by atoms with Crippen molar-refractivity contribution in [2.24, 2.45) is 5.73 Å². The van der Waals surface area contributed by atoms with Crippen molar-refractivity contribution >= 4 is 16.7 Å². The van der Waals surface area contributed by atoms with Crippen LogP contribution < -0.4 is 20.5 Å². The molecule has 1 aliphatic heterocycles. The molecule has 1 saturated carbocycles. The Hall–Kier alpha value is -3.13. The summed E-state index contributed by atoms with van der Waals surface area (Å²) in [5.74, 6) is 0.453. The van der Waals surface area contributed by atoms with Crippen molar-refractivity contribution in [3.63, 3.8) is 0 Å². The fourth-order valence-electron chi connectivity index (χ4n) is 4.20. The molecule has 0 unspecified atom stereocenters. The van der Waals surface area contributed by atoms with Crippen molar-refractivity contribution in [1.82, 2.24) is 20.1 Å². The SMILES string of the molecule is CC(C)Oc1cc2c(O[C@@H]3CCCNC3)ncc(-c3cnn(C4CC4)c3)c2cc1C(N)=O. The zero-order valence-corrected chi connectivity index (χ0v) is 18.5. The highest BCUT2D eigenvalue weighted by atomic mass is 16.5. The molecule has 168 valence electrons. The molecule has 5 rings (SSSR count). The van der Waals surface area contributed by atoms with E-state index in [1.54, 1.807) is 12.3 Å². The predicted molar refractivity (Wildman–Crippen MR) is 122 cm³/mol. The normalized spacial score (nSPS) is 18.8. The van der Waals surface area contributed by atoms with Crippen LogP contribution >= 0.6 is 0 Å². The Kier molecular flexibility index (Phi) is 5.46. The largest absolute Gasteiger partial charge is 0.490 e. The van der Waals surface area contributed by atoms with Gasteiger partial charge in [-0.3, -0.25) is 9.48 Å². The third-order valence-corrected chi connectivity index (χ3v) is 5.94. The third-order valence-electron chi connectivity index (χ3n) is 5.94. The summed E-state index contributed by atoms with van der Waals surface area (Å²) in [6, 6.07) is 4.12. The highest BCUT2D eigenvalue weighted by Crippen LogP contribution is 2.39. The van der Waals surface area contributed by atoms with Crippen LogP contribution in [-0.2, 0) is 0 Å². The van der Waals surface area contributed by atoms with E-state index >= 15 is 0 Å². The first-order valence-electron chi connectivity index (χ1n) is 11.3. The highest BCUT2D eigenvalue weighted by molar-refractivity contribution is 6.06. The minimum atomic E-state index is -0.530. The maximum atomic E-state index is 12.3. The lowest BCUT2D eigenvalue weighted by Crippen LogP contribution is -2.37. The predicted octanol–water partition coefficient (Wildman–Crippen LogP) is 3.45. The van der Waals surface area contributed by atoms with Crippen LogP contribution in [0.1, 0.15) is 55.9 Å². The summed E-state index contributed by atoms with van der Waals surface area (Å²) < 4.78 is 14.2. The summed E-state index contributed by atoms with van der Waals surface area (Å²) >= 11 is 0. The van der Waals surface area contributed by atoms with Crippen molar-refractivity contribution in [3.05, 3.63) is 36.3 Å². The van der Waals surface area contributed by atoms with Gasteiger partial charge in [0.15, 0.2) is 0 Å². The van der Waals surface area contributed by atoms with Crippen molar-refractivity contribution < 1.29 is 14.3 Å². The molecule has 2 aliphatic rings. The summed E-state index contributed by atoms with van der Waals surface area (Å²) in [5.41, 5.74) is 7.91. The molecule has 3 N–H and O–H groups in total. The second kappa shape index (κ2) is 8.43. The molecule has 0 bridgehead atoms. The number of hydrogen-bond donors (Lipinski definition) is 2. The average molecular weight is 436 g/mol. The fourth-order valence-corrected chi connectivity index (χ4v) is 4.20. The van der Waals surface area contributed by atoms with E-state index in [4.69, 9.17) is 15.2 Å². The number of ether oxygens (including phenoxy) is 2. The van der Waals surface area contributed by atoms with Crippen molar-refractivity contribution in [2.75, 3.05) is 13.1 Å². The van der Waals surface area contributed by atoms with Crippen LogP contribution in [0.5, 0.6) is 11.6 Å². The number of nitrogens with one attached hydrogen (secondary N) is 1. The standard InChI is InChI=1S/C24H29N5O3/c1-14(2)31-22-9-19-18(8-20(22)23(25)30)21(15-10-28-29(13-15)16-5-6-16)12-27-24(19)32-17-4-3-7-26-11-17/h8-10,12-14,16-17,26H,3-7,11H2,1-2H3,(H2,25,30)/t17-/m1/s1. The smallest absolute Gasteiger partial charge is 0.252 e. The number of aromatic nitrogens is 3. The van der Waals surface area contributed by atoms with Gasteiger partial charge in [-0.1, -0.05) is 0 Å². The summed E-state index contributed by atoms with van der Waals surface area (Å²) in [4.78, 5) is 17.0. The number of fused-ring (bicyclic) bond motifs is 1. The van der Waals surface area contributed by atoms with E-state index < -0.39 is 5.91 Å². The summed E-state index contributed by atoms with van der Waals surface area (Å²) in [6.07, 6.45) is 9.99. The Morgan fingerprint density at radius 1 is 1.22 bits per heavy atom. The molecule has 32 heavy (non-hydrogen) atoms. The van der Waals surface area contributed by atoms with Gasteiger partial charge in [0, 0.05) is 35.5 Å². The van der Waals surface area contributed by atoms with Crippen LogP contribution in [0.2, 0.25) is 0 Å². The van der Waals surface area contributed by atoms with Crippen molar-refractivity contribution in [1.29, 1.82) is 0 Å². The number of benzene rings is 1. The first-order valence-corrected chi connectivity index (χ1v) is 11.3. The number of carbonyl (C=O) groups excluding carboxylic acids is 1. The molecular formula is C24H29N5O3. The second-order valence-corrected chi connectivity index (χ2v) is 8.93. The maximum Gasteiger partial charge on any atom is 0.252 e. The fraction of sp³-hybridized carbons (Fsp3) is 0.458. The van der Waals surface area contributed by atoms with Crippen molar-refractivity contribution in [3.8, 4) is 22.8 Å². The van der Waals surface area contributed by atoms with Crippen LogP contribution in [-0.4, -0.2) is 46.0 Å². The molecule has 2 fully saturated rings. The molecule has 8 heteroatoms. The average Bonchev–Trinajstić information content (AvgIpc) is 3.51. The summed E-state index contributed by atoms with van der Waals surface area (Å²) in [7, 11) is 0. The van der Waals surface area contributed by atoms with Gasteiger partial charge in [0.25, 0.3) is 5.91 Å². The van der Waals surface area contributed by atoms with E-state index in [9.17, 15) is 4.79 Å². The van der Waals surface area contributed by atoms with E-state index in [1.807, 2.05) is 37.0 Å². The van der Waals surface area contributed by atoms with Gasteiger partial charge in [-0.25, -0.2) is 4.98 Å². The zero-order valence-electron chi connectivity index (χ0n) is 18.5. The molecular weight excluding hydrogens is 406 g/mol. The summed E-state index contributed by atoms with van der Waals surface area (Å²) in [5, 5.41) is 9.54. The molecule has 3 aromatic rings. The van der Waals surface area contributed by atoms with E-state index in [0.29, 0.717) is 23.2 Å². The lowest BCUT2D eigenvalue weighted by atomic mass is 9.99. The van der Waals surface area contributed by atoms with Gasteiger partial charge in [-0.15, -0.1) is 0 Å². The Labute approximate surface area is 187 Å². The molecule has 1 aliphatic carbocycles. The number of primary amides is 1. The van der Waals surface area contributed by atoms with Crippen LogP contribution in [0.3, 0.4) is 0 Å². The number of carbonyl (C=O) groups is 1. The Morgan fingerprint density at radius 3 is 2.75 bits per heavy atom. The number of nitrogens with two attached hydrogens (primary N) is 1. The van der Waals surface area contributed by atoms with Gasteiger partial charge in [0.1, 0.15) is 11.9 Å². The van der Waals surface area contributed by atoms with Crippen LogP contribution in [0, 0.1) is 0 Å². The van der Waals surface area contributed by atoms with E-state index in [2.05, 4.69) is 15.4 Å². The van der Waals surface area contributed by atoms with E-state index in [1.165, 1.54) is 0 Å². The van der Waals surface area contributed by atoms with Gasteiger partial charge in [0.05, 0.1) is 23.9 Å².